The number of rotatable bonds is 12. The summed E-state index contributed by atoms with van der Waals surface area (Å²) in [7, 11) is 0. The van der Waals surface area contributed by atoms with E-state index in [1.807, 2.05) is 39.8 Å². The number of ether oxygens (including phenoxy) is 3. The first-order valence-electron chi connectivity index (χ1n) is 10.9. The number of aryl methyl sites for hydroxylation is 1. The summed E-state index contributed by atoms with van der Waals surface area (Å²) >= 11 is 0. The van der Waals surface area contributed by atoms with E-state index >= 15 is 0 Å². The Morgan fingerprint density at radius 1 is 1.00 bits per heavy atom. The van der Waals surface area contributed by atoms with Crippen LogP contribution in [0.5, 0.6) is 17.2 Å². The van der Waals surface area contributed by atoms with E-state index in [-0.39, 0.29) is 18.0 Å². The monoisotopic (exact) mass is 422 g/mol. The highest BCUT2D eigenvalue weighted by Gasteiger charge is 2.13. The van der Waals surface area contributed by atoms with Gasteiger partial charge in [0, 0.05) is 17.2 Å². The van der Waals surface area contributed by atoms with E-state index in [9.17, 15) is 4.79 Å². The van der Waals surface area contributed by atoms with Crippen LogP contribution in [0.15, 0.2) is 55.1 Å². The largest absolute Gasteiger partial charge is 0.491 e. The van der Waals surface area contributed by atoms with E-state index in [2.05, 4.69) is 19.6 Å². The van der Waals surface area contributed by atoms with Gasteiger partial charge in [-0.05, 0) is 82.2 Å². The van der Waals surface area contributed by atoms with Gasteiger partial charge in [0.1, 0.15) is 23.9 Å². The number of allylic oxidation sites excluding steroid dienone is 1. The third kappa shape index (κ3) is 7.63. The van der Waals surface area contributed by atoms with Gasteiger partial charge in [0.25, 0.3) is 0 Å². The third-order valence-corrected chi connectivity index (χ3v) is 4.36. The zero-order valence-electron chi connectivity index (χ0n) is 19.3. The highest BCUT2D eigenvalue weighted by atomic mass is 16.5. The maximum Gasteiger partial charge on any atom is 0.185 e. The molecule has 166 valence electrons. The van der Waals surface area contributed by atoms with Crippen molar-refractivity contribution >= 4 is 11.9 Å². The molecule has 0 aliphatic heterocycles. The molecule has 0 radical (unpaired) electrons. The molecule has 0 saturated heterocycles. The molecule has 0 bridgehead atoms. The van der Waals surface area contributed by atoms with E-state index in [4.69, 9.17) is 14.2 Å². The third-order valence-electron chi connectivity index (χ3n) is 4.36. The molecular weight excluding hydrogens is 388 g/mol. The van der Waals surface area contributed by atoms with Gasteiger partial charge < -0.3 is 14.2 Å². The first-order valence-corrected chi connectivity index (χ1v) is 10.9. The van der Waals surface area contributed by atoms with E-state index in [0.29, 0.717) is 23.7 Å². The Hall–Kier alpha value is -3.01. The molecule has 4 heteroatoms. The fourth-order valence-electron chi connectivity index (χ4n) is 3.07. The van der Waals surface area contributed by atoms with Crippen LogP contribution in [-0.2, 0) is 6.42 Å². The zero-order chi connectivity index (χ0) is 22.8. The Kier molecular flexibility index (Phi) is 9.39. The Bertz CT molecular complexity index is 892. The molecule has 0 aromatic heterocycles. The van der Waals surface area contributed by atoms with Crippen molar-refractivity contribution in [1.29, 1.82) is 0 Å². The van der Waals surface area contributed by atoms with E-state index in [1.165, 1.54) is 0 Å². The number of carbonyl (C=O) groups is 1. The Balaban J connectivity index is 2.31. The highest BCUT2D eigenvalue weighted by molar-refractivity contribution is 6.07. The van der Waals surface area contributed by atoms with Crippen LogP contribution in [-0.4, -0.2) is 24.6 Å². The molecule has 0 fully saturated rings. The topological polar surface area (TPSA) is 44.8 Å². The Labute approximate surface area is 186 Å². The van der Waals surface area contributed by atoms with Gasteiger partial charge in [-0.2, -0.15) is 0 Å². The van der Waals surface area contributed by atoms with Crippen molar-refractivity contribution in [3.63, 3.8) is 0 Å². The lowest BCUT2D eigenvalue weighted by Crippen LogP contribution is -2.10. The van der Waals surface area contributed by atoms with E-state index in [1.54, 1.807) is 36.4 Å². The maximum absolute atomic E-state index is 12.7. The highest BCUT2D eigenvalue weighted by Crippen LogP contribution is 2.33. The molecule has 0 N–H and O–H groups in total. The number of hydrogen-bond acceptors (Lipinski definition) is 4. The second-order valence-corrected chi connectivity index (χ2v) is 7.90. The maximum atomic E-state index is 12.7. The Morgan fingerprint density at radius 3 is 2.23 bits per heavy atom. The second-order valence-electron chi connectivity index (χ2n) is 7.90. The van der Waals surface area contributed by atoms with Crippen LogP contribution in [0.4, 0.5) is 0 Å². The van der Waals surface area contributed by atoms with Crippen LogP contribution >= 0.6 is 0 Å². The number of hydrogen-bond donors (Lipinski definition) is 0. The molecule has 0 atom stereocenters. The smallest absolute Gasteiger partial charge is 0.185 e. The predicted molar refractivity (Wildman–Crippen MR) is 127 cm³/mol. The van der Waals surface area contributed by atoms with E-state index in [0.717, 1.165) is 29.7 Å². The summed E-state index contributed by atoms with van der Waals surface area (Å²) < 4.78 is 17.5. The average molecular weight is 423 g/mol. The summed E-state index contributed by atoms with van der Waals surface area (Å²) in [6, 6.07) is 11.1. The molecule has 0 aliphatic rings. The van der Waals surface area contributed by atoms with Gasteiger partial charge in [-0.15, -0.1) is 0 Å². The molecule has 0 spiro atoms. The number of benzene rings is 2. The summed E-state index contributed by atoms with van der Waals surface area (Å²) in [4.78, 5) is 12.7. The van der Waals surface area contributed by atoms with Crippen molar-refractivity contribution in [2.24, 2.45) is 0 Å². The van der Waals surface area contributed by atoms with Crippen molar-refractivity contribution in [2.75, 3.05) is 6.61 Å². The van der Waals surface area contributed by atoms with Crippen LogP contribution in [0.2, 0.25) is 0 Å². The molecule has 4 nitrogen and oxygen atoms in total. The van der Waals surface area contributed by atoms with Crippen molar-refractivity contribution < 1.29 is 19.0 Å². The molecule has 2 aromatic rings. The summed E-state index contributed by atoms with van der Waals surface area (Å²) in [5.41, 5.74) is 2.58. The average Bonchev–Trinajstić information content (AvgIpc) is 2.72. The molecule has 0 saturated carbocycles. The first kappa shape index (κ1) is 24.3. The minimum absolute atomic E-state index is 0.00915. The normalized spacial score (nSPS) is 11.2. The minimum atomic E-state index is -0.0784. The van der Waals surface area contributed by atoms with Crippen molar-refractivity contribution in [3.8, 4) is 17.2 Å². The molecule has 0 unspecified atom stereocenters. The van der Waals surface area contributed by atoms with Gasteiger partial charge in [-0.3, -0.25) is 4.79 Å². The quantitative estimate of drug-likeness (QED) is 0.218. The van der Waals surface area contributed by atoms with Crippen molar-refractivity contribution in [2.45, 2.75) is 59.7 Å². The predicted octanol–water partition coefficient (Wildman–Crippen LogP) is 6.67. The molecular formula is C27H34O4. The fourth-order valence-corrected chi connectivity index (χ4v) is 3.07. The summed E-state index contributed by atoms with van der Waals surface area (Å²) in [5, 5.41) is 0. The molecule has 31 heavy (non-hydrogen) atoms. The van der Waals surface area contributed by atoms with Crippen LogP contribution in [0, 0.1) is 0 Å². The lowest BCUT2D eigenvalue weighted by molar-refractivity contribution is 0.104. The summed E-state index contributed by atoms with van der Waals surface area (Å²) in [5.74, 6) is 2.18. The lowest BCUT2D eigenvalue weighted by atomic mass is 10.0. The molecule has 0 amide bonds. The zero-order valence-corrected chi connectivity index (χ0v) is 19.3. The minimum Gasteiger partial charge on any atom is -0.491 e. The summed E-state index contributed by atoms with van der Waals surface area (Å²) in [6.07, 6.45) is 7.06. The van der Waals surface area contributed by atoms with Crippen molar-refractivity contribution in [1.82, 2.24) is 0 Å². The van der Waals surface area contributed by atoms with Crippen LogP contribution in [0.3, 0.4) is 0 Å². The van der Waals surface area contributed by atoms with Gasteiger partial charge in [0.15, 0.2) is 5.78 Å². The van der Waals surface area contributed by atoms with Crippen LogP contribution in [0.1, 0.15) is 62.5 Å². The molecule has 0 aliphatic carbocycles. The summed E-state index contributed by atoms with van der Waals surface area (Å²) in [6.45, 7) is 14.2. The molecule has 0 heterocycles. The second kappa shape index (κ2) is 12.0. The first-order chi connectivity index (χ1) is 14.8. The van der Waals surface area contributed by atoms with Crippen LogP contribution in [0.25, 0.3) is 6.08 Å². The van der Waals surface area contributed by atoms with Gasteiger partial charge in [0.2, 0.25) is 0 Å². The van der Waals surface area contributed by atoms with Gasteiger partial charge in [-0.25, -0.2) is 0 Å². The number of carbonyl (C=O) groups excluding carboxylic acids is 1. The van der Waals surface area contributed by atoms with E-state index < -0.39 is 0 Å². The molecule has 2 aromatic carbocycles. The van der Waals surface area contributed by atoms with Crippen molar-refractivity contribution in [3.05, 3.63) is 71.8 Å². The fraction of sp³-hybridized carbons (Fsp3) is 0.370. The standard InChI is InChI=1S/C27H34O4/c1-7-9-22-17-23(27(31-20(5)6)18-26(22)30-19(3)4)12-15-25(28)21-10-13-24(14-11-21)29-16-8-2/h8,10-15,17-20H,2,7,9,16H2,1,3-6H3/b15-12+. The van der Waals surface area contributed by atoms with Crippen LogP contribution < -0.4 is 14.2 Å². The number of ketones is 1. The Morgan fingerprint density at radius 2 is 1.65 bits per heavy atom. The van der Waals surface area contributed by atoms with Gasteiger partial charge in [0.05, 0.1) is 12.2 Å². The molecule has 2 rings (SSSR count). The van der Waals surface area contributed by atoms with Gasteiger partial charge >= 0.3 is 0 Å². The SMILES string of the molecule is C=CCOc1ccc(C(=O)/C=C/c2cc(CCC)c(OC(C)C)cc2OC(C)C)cc1. The van der Waals surface area contributed by atoms with Gasteiger partial charge in [-0.1, -0.05) is 26.0 Å². The lowest BCUT2D eigenvalue weighted by Gasteiger charge is -2.19.